The smallest absolute Gasteiger partial charge is 0.293 e. The first-order valence-electron chi connectivity index (χ1n) is 6.39. The second-order valence-electron chi connectivity index (χ2n) is 4.35. The maximum absolute atomic E-state index is 12.4. The van der Waals surface area contributed by atoms with Crippen LogP contribution in [-0.2, 0) is 4.79 Å². The number of primary amides is 1. The lowest BCUT2D eigenvalue weighted by atomic mass is 10.2. The number of benzene rings is 1. The maximum atomic E-state index is 12.4. The molecule has 2 rings (SSSR count). The van der Waals surface area contributed by atoms with Gasteiger partial charge in [-0.1, -0.05) is 0 Å². The van der Waals surface area contributed by atoms with Crippen LogP contribution in [0.5, 0.6) is 5.75 Å². The Bertz CT molecular complexity index is 605. The third-order valence-electron chi connectivity index (χ3n) is 2.94. The summed E-state index contributed by atoms with van der Waals surface area (Å²) in [5, 5.41) is 0. The molecule has 0 aliphatic rings. The number of methoxy groups -OCH3 is 1. The van der Waals surface area contributed by atoms with E-state index in [-0.39, 0.29) is 24.6 Å². The summed E-state index contributed by atoms with van der Waals surface area (Å²) in [6.45, 7) is 0.182. The minimum atomic E-state index is -0.472. The van der Waals surface area contributed by atoms with Crippen molar-refractivity contribution in [3.05, 3.63) is 48.4 Å². The highest BCUT2D eigenvalue weighted by molar-refractivity contribution is 6.04. The third kappa shape index (κ3) is 3.62. The van der Waals surface area contributed by atoms with Gasteiger partial charge in [0.25, 0.3) is 5.91 Å². The molecule has 0 radical (unpaired) electrons. The lowest BCUT2D eigenvalue weighted by molar-refractivity contribution is -0.117. The zero-order valence-corrected chi connectivity index (χ0v) is 11.6. The van der Waals surface area contributed by atoms with Crippen molar-refractivity contribution >= 4 is 17.5 Å². The van der Waals surface area contributed by atoms with Crippen LogP contribution in [0.25, 0.3) is 0 Å². The van der Waals surface area contributed by atoms with Gasteiger partial charge in [0.05, 0.1) is 13.4 Å². The van der Waals surface area contributed by atoms with Gasteiger partial charge in [-0.15, -0.1) is 0 Å². The van der Waals surface area contributed by atoms with E-state index in [2.05, 4.69) is 0 Å². The van der Waals surface area contributed by atoms with E-state index in [4.69, 9.17) is 14.9 Å². The Morgan fingerprint density at radius 3 is 2.48 bits per heavy atom. The molecule has 0 unspecified atom stereocenters. The molecule has 1 aromatic carbocycles. The molecule has 0 aliphatic heterocycles. The fraction of sp³-hybridized carbons (Fsp3) is 0.200. The van der Waals surface area contributed by atoms with Crippen LogP contribution in [0.3, 0.4) is 0 Å². The molecule has 6 heteroatoms. The molecule has 0 saturated heterocycles. The summed E-state index contributed by atoms with van der Waals surface area (Å²) in [5.74, 6) is 0.0847. The molecular formula is C15H16N2O4. The van der Waals surface area contributed by atoms with E-state index in [1.165, 1.54) is 11.2 Å². The zero-order chi connectivity index (χ0) is 15.2. The van der Waals surface area contributed by atoms with Gasteiger partial charge in [0.15, 0.2) is 5.76 Å². The van der Waals surface area contributed by atoms with Gasteiger partial charge < -0.3 is 19.8 Å². The molecular weight excluding hydrogens is 272 g/mol. The molecule has 0 fully saturated rings. The predicted octanol–water partition coefficient (Wildman–Crippen LogP) is 1.81. The van der Waals surface area contributed by atoms with E-state index >= 15 is 0 Å². The highest BCUT2D eigenvalue weighted by Crippen LogP contribution is 2.21. The maximum Gasteiger partial charge on any atom is 0.293 e. The van der Waals surface area contributed by atoms with Gasteiger partial charge in [0, 0.05) is 18.7 Å². The molecule has 0 aliphatic carbocycles. The molecule has 0 atom stereocenters. The van der Waals surface area contributed by atoms with Crippen molar-refractivity contribution in [1.82, 2.24) is 0 Å². The summed E-state index contributed by atoms with van der Waals surface area (Å²) >= 11 is 0. The Morgan fingerprint density at radius 2 is 1.95 bits per heavy atom. The number of rotatable bonds is 6. The first-order chi connectivity index (χ1) is 10.1. The number of hydrogen-bond acceptors (Lipinski definition) is 4. The summed E-state index contributed by atoms with van der Waals surface area (Å²) in [4.78, 5) is 24.9. The minimum Gasteiger partial charge on any atom is -0.497 e. The molecule has 2 aromatic rings. The van der Waals surface area contributed by atoms with E-state index in [1.54, 1.807) is 43.5 Å². The Labute approximate surface area is 122 Å². The Balaban J connectivity index is 2.25. The van der Waals surface area contributed by atoms with Gasteiger partial charge in [-0.3, -0.25) is 9.59 Å². The number of amides is 2. The molecule has 2 amide bonds. The number of hydrogen-bond donors (Lipinski definition) is 1. The highest BCUT2D eigenvalue weighted by atomic mass is 16.5. The number of anilines is 1. The minimum absolute atomic E-state index is 0.0679. The van der Waals surface area contributed by atoms with E-state index in [9.17, 15) is 9.59 Å². The SMILES string of the molecule is COc1ccc(N(CCC(N)=O)C(=O)c2ccco2)cc1. The summed E-state index contributed by atoms with van der Waals surface area (Å²) in [6.07, 6.45) is 1.49. The van der Waals surface area contributed by atoms with E-state index in [0.29, 0.717) is 11.4 Å². The van der Waals surface area contributed by atoms with Gasteiger partial charge in [0.1, 0.15) is 5.75 Å². The summed E-state index contributed by atoms with van der Waals surface area (Å²) < 4.78 is 10.2. The lowest BCUT2D eigenvalue weighted by Gasteiger charge is -2.21. The van der Waals surface area contributed by atoms with Gasteiger partial charge in [-0.05, 0) is 36.4 Å². The fourth-order valence-electron chi connectivity index (χ4n) is 1.87. The zero-order valence-electron chi connectivity index (χ0n) is 11.6. The van der Waals surface area contributed by atoms with Crippen molar-refractivity contribution in [2.75, 3.05) is 18.6 Å². The fourth-order valence-corrected chi connectivity index (χ4v) is 1.87. The van der Waals surface area contributed by atoms with Crippen LogP contribution in [0.15, 0.2) is 47.1 Å². The monoisotopic (exact) mass is 288 g/mol. The van der Waals surface area contributed by atoms with Crippen LogP contribution in [0, 0.1) is 0 Å². The van der Waals surface area contributed by atoms with E-state index in [1.807, 2.05) is 0 Å². The second kappa shape index (κ2) is 6.60. The number of carbonyl (C=O) groups excluding carboxylic acids is 2. The number of nitrogens with two attached hydrogens (primary N) is 1. The van der Waals surface area contributed by atoms with Crippen molar-refractivity contribution < 1.29 is 18.7 Å². The average Bonchev–Trinajstić information content (AvgIpc) is 3.02. The van der Waals surface area contributed by atoms with Crippen molar-refractivity contribution in [1.29, 1.82) is 0 Å². The van der Waals surface area contributed by atoms with E-state index in [0.717, 1.165) is 0 Å². The normalized spacial score (nSPS) is 10.1. The molecule has 2 N–H and O–H groups in total. The molecule has 1 heterocycles. The van der Waals surface area contributed by atoms with Gasteiger partial charge >= 0.3 is 0 Å². The Kier molecular flexibility index (Phi) is 4.61. The van der Waals surface area contributed by atoms with Crippen molar-refractivity contribution in [3.63, 3.8) is 0 Å². The number of ether oxygens (including phenoxy) is 1. The first-order valence-corrected chi connectivity index (χ1v) is 6.39. The largest absolute Gasteiger partial charge is 0.497 e. The standard InChI is InChI=1S/C15H16N2O4/c1-20-12-6-4-11(5-7-12)17(9-8-14(16)18)15(19)13-3-2-10-21-13/h2-7,10H,8-9H2,1H3,(H2,16,18). The Morgan fingerprint density at radius 1 is 1.24 bits per heavy atom. The van der Waals surface area contributed by atoms with Crippen LogP contribution in [0.4, 0.5) is 5.69 Å². The summed E-state index contributed by atoms with van der Waals surface area (Å²) in [5.41, 5.74) is 5.80. The molecule has 21 heavy (non-hydrogen) atoms. The molecule has 0 saturated carbocycles. The van der Waals surface area contributed by atoms with Crippen LogP contribution >= 0.6 is 0 Å². The van der Waals surface area contributed by atoms with Crippen molar-refractivity contribution in [3.8, 4) is 5.75 Å². The van der Waals surface area contributed by atoms with E-state index < -0.39 is 5.91 Å². The van der Waals surface area contributed by atoms with Crippen LogP contribution in [0.1, 0.15) is 17.0 Å². The first kappa shape index (κ1) is 14.6. The molecule has 110 valence electrons. The third-order valence-corrected chi connectivity index (χ3v) is 2.94. The topological polar surface area (TPSA) is 85.8 Å². The molecule has 6 nitrogen and oxygen atoms in total. The van der Waals surface area contributed by atoms with Crippen LogP contribution < -0.4 is 15.4 Å². The van der Waals surface area contributed by atoms with Crippen LogP contribution in [-0.4, -0.2) is 25.5 Å². The van der Waals surface area contributed by atoms with Crippen LogP contribution in [0.2, 0.25) is 0 Å². The van der Waals surface area contributed by atoms with Crippen molar-refractivity contribution in [2.45, 2.75) is 6.42 Å². The lowest BCUT2D eigenvalue weighted by Crippen LogP contribution is -2.33. The number of furan rings is 1. The summed E-state index contributed by atoms with van der Waals surface area (Å²) in [6, 6.07) is 10.2. The van der Waals surface area contributed by atoms with Gasteiger partial charge in [-0.25, -0.2) is 0 Å². The molecule has 0 bridgehead atoms. The van der Waals surface area contributed by atoms with Gasteiger partial charge in [-0.2, -0.15) is 0 Å². The highest BCUT2D eigenvalue weighted by Gasteiger charge is 2.20. The average molecular weight is 288 g/mol. The predicted molar refractivity (Wildman–Crippen MR) is 77.2 cm³/mol. The Hall–Kier alpha value is -2.76. The molecule has 1 aromatic heterocycles. The number of nitrogens with zero attached hydrogens (tertiary/aromatic N) is 1. The summed E-state index contributed by atoms with van der Waals surface area (Å²) in [7, 11) is 1.56. The van der Waals surface area contributed by atoms with Crippen molar-refractivity contribution in [2.24, 2.45) is 5.73 Å². The molecule has 0 spiro atoms. The second-order valence-corrected chi connectivity index (χ2v) is 4.35. The number of carbonyl (C=O) groups is 2. The van der Waals surface area contributed by atoms with Gasteiger partial charge in [0.2, 0.25) is 5.91 Å². The quantitative estimate of drug-likeness (QED) is 0.878.